The zero-order chi connectivity index (χ0) is 17.4. The van der Waals surface area contributed by atoms with Crippen molar-refractivity contribution >= 4 is 66.4 Å². The van der Waals surface area contributed by atoms with Crippen LogP contribution in [0.4, 0.5) is 0 Å². The lowest BCUT2D eigenvalue weighted by atomic mass is 10.1. The Kier molecular flexibility index (Phi) is 5.16. The Morgan fingerprint density at radius 1 is 0.875 bits per heavy atom. The van der Waals surface area contributed by atoms with Crippen LogP contribution in [0, 0.1) is 3.57 Å². The zero-order valence-electron chi connectivity index (χ0n) is 11.9. The first-order valence-electron chi connectivity index (χ1n) is 6.71. The van der Waals surface area contributed by atoms with Crippen molar-refractivity contribution in [2.75, 3.05) is 0 Å². The van der Waals surface area contributed by atoms with E-state index in [4.69, 9.17) is 9.47 Å². The lowest BCUT2D eigenvalue weighted by Crippen LogP contribution is -1.93. The van der Waals surface area contributed by atoms with Gasteiger partial charge in [-0.05, 0) is 78.7 Å². The second kappa shape index (κ2) is 7.01. The molecule has 0 fully saturated rings. The molecule has 2 aromatic carbocycles. The number of hydrogen-bond donors (Lipinski definition) is 1. The molecule has 24 heavy (non-hydrogen) atoms. The average molecular weight is 568 g/mol. The van der Waals surface area contributed by atoms with Gasteiger partial charge in [-0.2, -0.15) is 0 Å². The predicted octanol–water partition coefficient (Wildman–Crippen LogP) is 4.55. The highest BCUT2D eigenvalue weighted by Gasteiger charge is 2.25. The smallest absolute Gasteiger partial charge is 0.339 e. The molecule has 2 aliphatic rings. The van der Waals surface area contributed by atoms with Crippen molar-refractivity contribution in [1.82, 2.24) is 0 Å². The van der Waals surface area contributed by atoms with Crippen LogP contribution >= 0.6 is 54.5 Å². The van der Waals surface area contributed by atoms with Crippen LogP contribution < -0.4 is 0 Å². The SMILES string of the molecule is O=C1OCc2c1ccc(Br)c2I.O=C1OCc2c1ccc(Br)c2O. The highest BCUT2D eigenvalue weighted by atomic mass is 127. The molecule has 2 aliphatic heterocycles. The van der Waals surface area contributed by atoms with Gasteiger partial charge in [0.05, 0.1) is 15.6 Å². The van der Waals surface area contributed by atoms with E-state index in [2.05, 4.69) is 54.5 Å². The van der Waals surface area contributed by atoms with Crippen molar-refractivity contribution in [3.8, 4) is 5.75 Å². The van der Waals surface area contributed by atoms with Crippen LogP contribution in [0.1, 0.15) is 31.8 Å². The third-order valence-corrected chi connectivity index (χ3v) is 6.84. The molecule has 0 bridgehead atoms. The highest BCUT2D eigenvalue weighted by molar-refractivity contribution is 14.1. The summed E-state index contributed by atoms with van der Waals surface area (Å²) in [5.41, 5.74) is 2.71. The van der Waals surface area contributed by atoms with E-state index in [0.717, 1.165) is 13.6 Å². The number of cyclic esters (lactones) is 2. The molecule has 0 aromatic heterocycles. The van der Waals surface area contributed by atoms with E-state index >= 15 is 0 Å². The number of fused-ring (bicyclic) bond motifs is 2. The summed E-state index contributed by atoms with van der Waals surface area (Å²) in [7, 11) is 0. The molecule has 0 aliphatic carbocycles. The van der Waals surface area contributed by atoms with Gasteiger partial charge in [-0.1, -0.05) is 0 Å². The molecule has 1 N–H and O–H groups in total. The number of halogens is 3. The number of carbonyl (C=O) groups excluding carboxylic acids is 2. The summed E-state index contributed by atoms with van der Waals surface area (Å²) < 4.78 is 12.3. The lowest BCUT2D eigenvalue weighted by molar-refractivity contribution is 0.0525. The monoisotopic (exact) mass is 566 g/mol. The summed E-state index contributed by atoms with van der Waals surface area (Å²) in [5, 5.41) is 9.46. The molecule has 0 saturated carbocycles. The van der Waals surface area contributed by atoms with Gasteiger partial charge in [0.1, 0.15) is 19.0 Å². The topological polar surface area (TPSA) is 72.8 Å². The van der Waals surface area contributed by atoms with Gasteiger partial charge in [0, 0.05) is 19.2 Å². The first-order chi connectivity index (χ1) is 11.4. The Bertz CT molecular complexity index is 795. The number of aromatic hydroxyl groups is 1. The van der Waals surface area contributed by atoms with Crippen molar-refractivity contribution in [3.63, 3.8) is 0 Å². The number of ether oxygens (including phenoxy) is 2. The molecular formula is C16H9Br2IO5. The van der Waals surface area contributed by atoms with Crippen LogP contribution in [-0.4, -0.2) is 17.0 Å². The second-order valence-electron chi connectivity index (χ2n) is 4.96. The number of carbonyl (C=O) groups is 2. The van der Waals surface area contributed by atoms with Crippen molar-refractivity contribution in [2.24, 2.45) is 0 Å². The van der Waals surface area contributed by atoms with Gasteiger partial charge in [-0.25, -0.2) is 9.59 Å². The number of benzene rings is 2. The molecule has 8 heteroatoms. The molecule has 0 amide bonds. The summed E-state index contributed by atoms with van der Waals surface area (Å²) >= 11 is 8.75. The zero-order valence-corrected chi connectivity index (χ0v) is 17.3. The minimum absolute atomic E-state index is 0.0957. The van der Waals surface area contributed by atoms with Crippen LogP contribution in [0.3, 0.4) is 0 Å². The fourth-order valence-electron chi connectivity index (χ4n) is 2.30. The van der Waals surface area contributed by atoms with E-state index in [1.165, 1.54) is 0 Å². The summed E-state index contributed by atoms with van der Waals surface area (Å²) in [6, 6.07) is 6.92. The molecule has 2 aromatic rings. The maximum absolute atomic E-state index is 11.1. The van der Waals surface area contributed by atoms with E-state index in [9.17, 15) is 14.7 Å². The second-order valence-corrected chi connectivity index (χ2v) is 7.75. The van der Waals surface area contributed by atoms with Crippen molar-refractivity contribution in [2.45, 2.75) is 13.2 Å². The molecular weight excluding hydrogens is 559 g/mol. The van der Waals surface area contributed by atoms with E-state index in [1.54, 1.807) is 18.2 Å². The molecule has 124 valence electrons. The van der Waals surface area contributed by atoms with Gasteiger partial charge in [-0.3, -0.25) is 0 Å². The fourth-order valence-corrected chi connectivity index (χ4v) is 3.67. The number of phenolic OH excluding ortho intramolecular Hbond substituents is 1. The van der Waals surface area contributed by atoms with Crippen LogP contribution in [0.15, 0.2) is 33.2 Å². The maximum atomic E-state index is 11.1. The molecule has 0 spiro atoms. The molecule has 0 atom stereocenters. The summed E-state index contributed by atoms with van der Waals surface area (Å²) in [6.45, 7) is 0.575. The summed E-state index contributed by atoms with van der Waals surface area (Å²) in [5.74, 6) is -0.485. The van der Waals surface area contributed by atoms with Gasteiger partial charge in [0.2, 0.25) is 0 Å². The van der Waals surface area contributed by atoms with E-state index in [-0.39, 0.29) is 24.3 Å². The minimum Gasteiger partial charge on any atom is -0.506 e. The molecule has 0 saturated heterocycles. The Hall–Kier alpha value is -1.13. The van der Waals surface area contributed by atoms with Crippen LogP contribution in [0.2, 0.25) is 0 Å². The van der Waals surface area contributed by atoms with Crippen molar-refractivity contribution < 1.29 is 24.2 Å². The number of hydrogen-bond acceptors (Lipinski definition) is 5. The van der Waals surface area contributed by atoms with Gasteiger partial charge in [0.25, 0.3) is 0 Å². The normalized spacial score (nSPS) is 14.3. The van der Waals surface area contributed by atoms with E-state index < -0.39 is 0 Å². The molecule has 0 unspecified atom stereocenters. The van der Waals surface area contributed by atoms with Crippen LogP contribution in [0.25, 0.3) is 0 Å². The largest absolute Gasteiger partial charge is 0.506 e. The molecule has 0 radical (unpaired) electrons. The Morgan fingerprint density at radius 3 is 2.00 bits per heavy atom. The number of rotatable bonds is 0. The van der Waals surface area contributed by atoms with Gasteiger partial charge in [-0.15, -0.1) is 0 Å². The first kappa shape index (κ1) is 17.7. The van der Waals surface area contributed by atoms with Crippen LogP contribution in [-0.2, 0) is 22.7 Å². The fraction of sp³-hybridized carbons (Fsp3) is 0.125. The standard InChI is InChI=1S/C8H4BrIO2.C8H5BrO3/c2*9-6-2-1-4-5(7(6)10)3-12-8(4)11/h1-2H,3H2;1-2,10H,3H2. The Labute approximate surface area is 167 Å². The number of esters is 2. The van der Waals surface area contributed by atoms with E-state index in [0.29, 0.717) is 27.8 Å². The lowest BCUT2D eigenvalue weighted by Gasteiger charge is -1.99. The predicted molar refractivity (Wildman–Crippen MR) is 101 cm³/mol. The Morgan fingerprint density at radius 2 is 1.38 bits per heavy atom. The van der Waals surface area contributed by atoms with Crippen molar-refractivity contribution in [1.29, 1.82) is 0 Å². The van der Waals surface area contributed by atoms with Crippen LogP contribution in [0.5, 0.6) is 5.75 Å². The first-order valence-corrected chi connectivity index (χ1v) is 9.38. The van der Waals surface area contributed by atoms with Gasteiger partial charge in [0.15, 0.2) is 0 Å². The van der Waals surface area contributed by atoms with Gasteiger partial charge < -0.3 is 14.6 Å². The molecule has 4 rings (SSSR count). The maximum Gasteiger partial charge on any atom is 0.339 e. The van der Waals surface area contributed by atoms with E-state index in [1.807, 2.05) is 6.07 Å². The highest BCUT2D eigenvalue weighted by Crippen LogP contribution is 2.34. The summed E-state index contributed by atoms with van der Waals surface area (Å²) in [6.07, 6.45) is 0. The Balaban J connectivity index is 0.000000141. The molecule has 2 heterocycles. The minimum atomic E-state index is -0.368. The number of phenols is 1. The summed E-state index contributed by atoms with van der Waals surface area (Å²) in [4.78, 5) is 22.1. The molecule has 5 nitrogen and oxygen atoms in total. The van der Waals surface area contributed by atoms with Gasteiger partial charge >= 0.3 is 11.9 Å². The third-order valence-electron chi connectivity index (χ3n) is 3.56. The van der Waals surface area contributed by atoms with Crippen molar-refractivity contribution in [3.05, 3.63) is 59.0 Å². The third kappa shape index (κ3) is 3.18. The average Bonchev–Trinajstić information content (AvgIpc) is 3.12. The quantitative estimate of drug-likeness (QED) is 0.374.